The SMILES string of the molecule is CN=C(NCc1ccc(C)cc1OC)NCC1C2Cc3ccccc3C12. The Morgan fingerprint density at radius 1 is 1.19 bits per heavy atom. The molecule has 0 heterocycles. The van der Waals surface area contributed by atoms with Crippen LogP contribution in [0.2, 0.25) is 0 Å². The second-order valence-corrected chi connectivity index (χ2v) is 7.38. The number of fused-ring (bicyclic) bond motifs is 3. The molecule has 0 bridgehead atoms. The van der Waals surface area contributed by atoms with E-state index in [4.69, 9.17) is 4.74 Å². The molecule has 0 radical (unpaired) electrons. The molecule has 2 aliphatic carbocycles. The van der Waals surface area contributed by atoms with Gasteiger partial charge in [0.15, 0.2) is 5.96 Å². The summed E-state index contributed by atoms with van der Waals surface area (Å²) in [6, 6.07) is 15.2. The van der Waals surface area contributed by atoms with Crippen molar-refractivity contribution in [1.29, 1.82) is 0 Å². The monoisotopic (exact) mass is 349 g/mol. The lowest BCUT2D eigenvalue weighted by molar-refractivity contribution is 0.408. The fourth-order valence-corrected chi connectivity index (χ4v) is 4.37. The third kappa shape index (κ3) is 3.16. The van der Waals surface area contributed by atoms with Gasteiger partial charge in [-0.05, 0) is 53.9 Å². The van der Waals surface area contributed by atoms with Crippen LogP contribution in [-0.4, -0.2) is 26.7 Å². The van der Waals surface area contributed by atoms with E-state index >= 15 is 0 Å². The zero-order valence-corrected chi connectivity index (χ0v) is 15.8. The predicted molar refractivity (Wildman–Crippen MR) is 106 cm³/mol. The van der Waals surface area contributed by atoms with Crippen LogP contribution in [0.1, 0.15) is 28.2 Å². The van der Waals surface area contributed by atoms with Gasteiger partial charge in [0.1, 0.15) is 5.75 Å². The Balaban J connectivity index is 1.30. The molecule has 4 nitrogen and oxygen atoms in total. The molecule has 3 atom stereocenters. The van der Waals surface area contributed by atoms with Gasteiger partial charge in [-0.2, -0.15) is 0 Å². The smallest absolute Gasteiger partial charge is 0.191 e. The second kappa shape index (κ2) is 7.02. The standard InChI is InChI=1S/C22H27N3O/c1-14-8-9-16(20(10-14)26-3)12-24-22(23-2)25-13-19-18-11-15-6-4-5-7-17(15)21(18)19/h4-10,18-19,21H,11-13H2,1-3H3,(H2,23,24,25). The van der Waals surface area contributed by atoms with Crippen LogP contribution in [0.15, 0.2) is 47.5 Å². The molecule has 0 aromatic heterocycles. The summed E-state index contributed by atoms with van der Waals surface area (Å²) in [5, 5.41) is 6.91. The Labute approximate surface area is 155 Å². The van der Waals surface area contributed by atoms with E-state index in [-0.39, 0.29) is 0 Å². The van der Waals surface area contributed by atoms with Gasteiger partial charge in [-0.25, -0.2) is 0 Å². The summed E-state index contributed by atoms with van der Waals surface area (Å²) < 4.78 is 5.48. The maximum absolute atomic E-state index is 5.48. The third-order valence-corrected chi connectivity index (χ3v) is 5.82. The zero-order valence-electron chi connectivity index (χ0n) is 15.8. The maximum atomic E-state index is 5.48. The summed E-state index contributed by atoms with van der Waals surface area (Å²) >= 11 is 0. The highest BCUT2D eigenvalue weighted by Crippen LogP contribution is 2.60. The number of aliphatic imine (C=N–C) groups is 1. The molecular formula is C22H27N3O. The van der Waals surface area contributed by atoms with E-state index in [1.807, 2.05) is 7.05 Å². The number of aryl methyl sites for hydroxylation is 1. The van der Waals surface area contributed by atoms with Crippen LogP contribution in [0.3, 0.4) is 0 Å². The Morgan fingerprint density at radius 2 is 2.04 bits per heavy atom. The van der Waals surface area contributed by atoms with Gasteiger partial charge in [-0.3, -0.25) is 4.99 Å². The number of benzene rings is 2. The number of guanidine groups is 1. The first-order chi connectivity index (χ1) is 12.7. The normalized spacial score (nSPS) is 23.2. The highest BCUT2D eigenvalue weighted by atomic mass is 16.5. The average molecular weight is 349 g/mol. The van der Waals surface area contributed by atoms with Crippen LogP contribution in [0.4, 0.5) is 0 Å². The van der Waals surface area contributed by atoms with Crippen molar-refractivity contribution in [2.45, 2.75) is 25.8 Å². The fourth-order valence-electron chi connectivity index (χ4n) is 4.37. The summed E-state index contributed by atoms with van der Waals surface area (Å²) in [7, 11) is 3.54. The number of nitrogens with one attached hydrogen (secondary N) is 2. The number of hydrogen-bond donors (Lipinski definition) is 2. The predicted octanol–water partition coefficient (Wildman–Crippen LogP) is 3.25. The van der Waals surface area contributed by atoms with Crippen LogP contribution in [-0.2, 0) is 13.0 Å². The molecule has 26 heavy (non-hydrogen) atoms. The van der Waals surface area contributed by atoms with Crippen molar-refractivity contribution >= 4 is 5.96 Å². The molecule has 3 unspecified atom stereocenters. The Bertz CT molecular complexity index is 830. The number of hydrogen-bond acceptors (Lipinski definition) is 2. The molecule has 4 rings (SSSR count). The molecule has 1 fully saturated rings. The Morgan fingerprint density at radius 3 is 2.85 bits per heavy atom. The van der Waals surface area contributed by atoms with Crippen LogP contribution in [0.5, 0.6) is 5.75 Å². The van der Waals surface area contributed by atoms with Gasteiger partial charge in [0.2, 0.25) is 0 Å². The van der Waals surface area contributed by atoms with Crippen LogP contribution in [0.25, 0.3) is 0 Å². The van der Waals surface area contributed by atoms with E-state index in [1.54, 1.807) is 18.2 Å². The van der Waals surface area contributed by atoms with E-state index < -0.39 is 0 Å². The lowest BCUT2D eigenvalue weighted by Gasteiger charge is -2.15. The van der Waals surface area contributed by atoms with Crippen molar-refractivity contribution in [3.05, 3.63) is 64.7 Å². The molecule has 2 N–H and O–H groups in total. The van der Waals surface area contributed by atoms with E-state index in [0.29, 0.717) is 6.54 Å². The van der Waals surface area contributed by atoms with Gasteiger partial charge in [-0.1, -0.05) is 36.4 Å². The number of rotatable bonds is 5. The van der Waals surface area contributed by atoms with Crippen molar-refractivity contribution in [1.82, 2.24) is 10.6 Å². The molecule has 2 aliphatic rings. The quantitative estimate of drug-likeness (QED) is 0.643. The molecule has 136 valence electrons. The lowest BCUT2D eigenvalue weighted by Crippen LogP contribution is -2.38. The molecule has 0 amide bonds. The number of ether oxygens (including phenoxy) is 1. The van der Waals surface area contributed by atoms with Crippen LogP contribution < -0.4 is 15.4 Å². The van der Waals surface area contributed by atoms with E-state index in [1.165, 1.54) is 12.0 Å². The first-order valence-electron chi connectivity index (χ1n) is 9.37. The summed E-state index contributed by atoms with van der Waals surface area (Å²) in [5.74, 6) is 4.06. The molecule has 1 saturated carbocycles. The van der Waals surface area contributed by atoms with E-state index in [9.17, 15) is 0 Å². The second-order valence-electron chi connectivity index (χ2n) is 7.38. The van der Waals surface area contributed by atoms with Gasteiger partial charge in [0.05, 0.1) is 7.11 Å². The first-order valence-corrected chi connectivity index (χ1v) is 9.37. The minimum absolute atomic E-state index is 0.698. The zero-order chi connectivity index (χ0) is 18.1. The fraction of sp³-hybridized carbons (Fsp3) is 0.409. The summed E-state index contributed by atoms with van der Waals surface area (Å²) in [5.41, 5.74) is 5.45. The molecule has 4 heteroatoms. The molecule has 2 aromatic rings. The van der Waals surface area contributed by atoms with Gasteiger partial charge < -0.3 is 15.4 Å². The molecule has 0 spiro atoms. The number of nitrogens with zero attached hydrogens (tertiary/aromatic N) is 1. The van der Waals surface area contributed by atoms with Gasteiger partial charge in [0.25, 0.3) is 0 Å². The third-order valence-electron chi connectivity index (χ3n) is 5.82. The minimum atomic E-state index is 0.698. The van der Waals surface area contributed by atoms with Crippen LogP contribution in [0, 0.1) is 18.8 Å². The molecule has 0 saturated heterocycles. The largest absolute Gasteiger partial charge is 0.496 e. The molecular weight excluding hydrogens is 322 g/mol. The van der Waals surface area contributed by atoms with Crippen molar-refractivity contribution in [2.24, 2.45) is 16.8 Å². The summed E-state index contributed by atoms with van der Waals surface area (Å²) in [4.78, 5) is 4.37. The Kier molecular flexibility index (Phi) is 4.58. The van der Waals surface area contributed by atoms with Crippen molar-refractivity contribution in [2.75, 3.05) is 20.7 Å². The van der Waals surface area contributed by atoms with Crippen molar-refractivity contribution in [3.63, 3.8) is 0 Å². The Hall–Kier alpha value is -2.49. The van der Waals surface area contributed by atoms with Crippen molar-refractivity contribution in [3.8, 4) is 5.75 Å². The van der Waals surface area contributed by atoms with Crippen LogP contribution >= 0.6 is 0 Å². The van der Waals surface area contributed by atoms with Gasteiger partial charge in [0, 0.05) is 25.7 Å². The summed E-state index contributed by atoms with van der Waals surface area (Å²) in [6.45, 7) is 3.75. The van der Waals surface area contributed by atoms with Crippen molar-refractivity contribution < 1.29 is 4.74 Å². The number of methoxy groups -OCH3 is 1. The topological polar surface area (TPSA) is 45.7 Å². The summed E-state index contributed by atoms with van der Waals surface area (Å²) in [6.07, 6.45) is 1.24. The van der Waals surface area contributed by atoms with Gasteiger partial charge >= 0.3 is 0 Å². The highest BCUT2D eigenvalue weighted by Gasteiger charge is 2.54. The lowest BCUT2D eigenvalue weighted by atomic mass is 10.0. The highest BCUT2D eigenvalue weighted by molar-refractivity contribution is 5.79. The molecule has 2 aromatic carbocycles. The van der Waals surface area contributed by atoms with E-state index in [2.05, 4.69) is 65.0 Å². The first kappa shape index (κ1) is 17.0. The molecule has 0 aliphatic heterocycles. The van der Waals surface area contributed by atoms with Gasteiger partial charge in [-0.15, -0.1) is 0 Å². The maximum Gasteiger partial charge on any atom is 0.191 e. The minimum Gasteiger partial charge on any atom is -0.496 e. The average Bonchev–Trinajstić information content (AvgIpc) is 3.20. The van der Waals surface area contributed by atoms with E-state index in [0.717, 1.165) is 41.6 Å².